The van der Waals surface area contributed by atoms with Crippen LogP contribution in [0, 0.1) is 5.82 Å². The molecule has 0 spiro atoms. The van der Waals surface area contributed by atoms with Gasteiger partial charge in [0.1, 0.15) is 0 Å². The van der Waals surface area contributed by atoms with Gasteiger partial charge in [0.05, 0.1) is 24.9 Å². The third-order valence-electron chi connectivity index (χ3n) is 3.55. The lowest BCUT2D eigenvalue weighted by Gasteiger charge is -2.39. The highest BCUT2D eigenvalue weighted by molar-refractivity contribution is 5.30. The van der Waals surface area contributed by atoms with E-state index in [0.717, 1.165) is 5.56 Å². The molecule has 1 fully saturated rings. The quantitative estimate of drug-likeness (QED) is 0.916. The van der Waals surface area contributed by atoms with Crippen LogP contribution >= 0.6 is 0 Å². The third kappa shape index (κ3) is 3.45. The Morgan fingerprint density at radius 1 is 1.37 bits per heavy atom. The van der Waals surface area contributed by atoms with Crippen molar-refractivity contribution >= 4 is 0 Å². The summed E-state index contributed by atoms with van der Waals surface area (Å²) in [5.41, 5.74) is -0.0416. The Balaban J connectivity index is 2.13. The van der Waals surface area contributed by atoms with E-state index in [2.05, 4.69) is 0 Å². The Labute approximate surface area is 113 Å². The standard InChI is InChI=1S/C15H21FO3/c1-10-7-15(17,8-11(2)19-10)9-12-4-5-14(18-3)13(16)6-12/h4-6,10-11,17H,7-9H2,1-3H3. The minimum Gasteiger partial charge on any atom is -0.494 e. The van der Waals surface area contributed by atoms with Gasteiger partial charge < -0.3 is 14.6 Å². The van der Waals surface area contributed by atoms with Gasteiger partial charge in [0.25, 0.3) is 0 Å². The van der Waals surface area contributed by atoms with E-state index >= 15 is 0 Å². The fourth-order valence-electron chi connectivity index (χ4n) is 2.99. The van der Waals surface area contributed by atoms with Crippen LogP contribution < -0.4 is 4.74 Å². The molecule has 0 amide bonds. The first-order chi connectivity index (χ1) is 8.92. The molecule has 2 rings (SSSR count). The highest BCUT2D eigenvalue weighted by atomic mass is 19.1. The minimum absolute atomic E-state index is 0.0249. The zero-order valence-electron chi connectivity index (χ0n) is 11.6. The third-order valence-corrected chi connectivity index (χ3v) is 3.55. The van der Waals surface area contributed by atoms with Crippen LogP contribution in [0.5, 0.6) is 5.75 Å². The number of methoxy groups -OCH3 is 1. The van der Waals surface area contributed by atoms with Crippen LogP contribution in [-0.4, -0.2) is 30.0 Å². The second-order valence-electron chi connectivity index (χ2n) is 5.54. The summed E-state index contributed by atoms with van der Waals surface area (Å²) in [6, 6.07) is 4.83. The number of aliphatic hydroxyl groups is 1. The van der Waals surface area contributed by atoms with Crippen molar-refractivity contribution in [2.75, 3.05) is 7.11 Å². The number of rotatable bonds is 3. The number of hydrogen-bond acceptors (Lipinski definition) is 3. The molecule has 0 radical (unpaired) electrons. The van der Waals surface area contributed by atoms with E-state index in [1.165, 1.54) is 13.2 Å². The van der Waals surface area contributed by atoms with Crippen molar-refractivity contribution < 1.29 is 19.0 Å². The molecule has 2 unspecified atom stereocenters. The summed E-state index contributed by atoms with van der Waals surface area (Å²) >= 11 is 0. The van der Waals surface area contributed by atoms with Gasteiger partial charge in [0.2, 0.25) is 0 Å². The molecule has 0 bridgehead atoms. The molecule has 0 saturated carbocycles. The number of benzene rings is 1. The first-order valence-corrected chi connectivity index (χ1v) is 6.62. The summed E-state index contributed by atoms with van der Waals surface area (Å²) in [6.07, 6.45) is 1.63. The summed E-state index contributed by atoms with van der Waals surface area (Å²) in [6.45, 7) is 3.91. The second kappa shape index (κ2) is 5.47. The molecule has 1 N–H and O–H groups in total. The molecule has 19 heavy (non-hydrogen) atoms. The maximum Gasteiger partial charge on any atom is 0.165 e. The Morgan fingerprint density at radius 3 is 2.53 bits per heavy atom. The van der Waals surface area contributed by atoms with Crippen LogP contribution in [0.2, 0.25) is 0 Å². The first-order valence-electron chi connectivity index (χ1n) is 6.62. The minimum atomic E-state index is -0.821. The molecule has 3 nitrogen and oxygen atoms in total. The zero-order valence-corrected chi connectivity index (χ0v) is 11.6. The van der Waals surface area contributed by atoms with Gasteiger partial charge in [-0.3, -0.25) is 0 Å². The van der Waals surface area contributed by atoms with Gasteiger partial charge in [-0.05, 0) is 31.5 Å². The van der Waals surface area contributed by atoms with Gasteiger partial charge in [0, 0.05) is 19.3 Å². The van der Waals surface area contributed by atoms with E-state index < -0.39 is 11.4 Å². The van der Waals surface area contributed by atoms with Gasteiger partial charge >= 0.3 is 0 Å². The molecular formula is C15H21FO3. The maximum atomic E-state index is 13.7. The average Bonchev–Trinajstić information content (AvgIpc) is 2.26. The summed E-state index contributed by atoms with van der Waals surface area (Å²) < 4.78 is 24.2. The predicted molar refractivity (Wildman–Crippen MR) is 70.8 cm³/mol. The molecule has 1 aromatic rings. The van der Waals surface area contributed by atoms with Gasteiger partial charge in [-0.2, -0.15) is 0 Å². The number of halogens is 1. The van der Waals surface area contributed by atoms with Gasteiger partial charge in [-0.25, -0.2) is 4.39 Å². The average molecular weight is 268 g/mol. The lowest BCUT2D eigenvalue weighted by atomic mass is 9.82. The van der Waals surface area contributed by atoms with Crippen LogP contribution in [0.3, 0.4) is 0 Å². The Bertz CT molecular complexity index is 437. The van der Waals surface area contributed by atoms with Crippen molar-refractivity contribution in [1.82, 2.24) is 0 Å². The van der Waals surface area contributed by atoms with E-state index in [9.17, 15) is 9.50 Å². The van der Waals surface area contributed by atoms with E-state index in [1.807, 2.05) is 13.8 Å². The molecule has 1 aromatic carbocycles. The lowest BCUT2D eigenvalue weighted by Crippen LogP contribution is -2.44. The molecule has 0 aliphatic carbocycles. The molecular weight excluding hydrogens is 247 g/mol. The van der Waals surface area contributed by atoms with E-state index in [1.54, 1.807) is 12.1 Å². The lowest BCUT2D eigenvalue weighted by molar-refractivity contribution is -0.130. The molecule has 2 atom stereocenters. The normalized spacial score (nSPS) is 31.2. The maximum absolute atomic E-state index is 13.7. The Morgan fingerprint density at radius 2 is 2.00 bits per heavy atom. The van der Waals surface area contributed by atoms with Crippen molar-refractivity contribution in [3.05, 3.63) is 29.6 Å². The van der Waals surface area contributed by atoms with Crippen LogP contribution in [0.4, 0.5) is 4.39 Å². The molecule has 1 saturated heterocycles. The van der Waals surface area contributed by atoms with Crippen LogP contribution in [0.1, 0.15) is 32.3 Å². The molecule has 1 heterocycles. The summed E-state index contributed by atoms with van der Waals surface area (Å²) in [4.78, 5) is 0. The Hall–Kier alpha value is -1.13. The van der Waals surface area contributed by atoms with Gasteiger partial charge in [-0.1, -0.05) is 6.07 Å². The molecule has 4 heteroatoms. The zero-order chi connectivity index (χ0) is 14.0. The van der Waals surface area contributed by atoms with E-state index in [0.29, 0.717) is 19.3 Å². The summed E-state index contributed by atoms with van der Waals surface area (Å²) in [5.74, 6) is -0.166. The fraction of sp³-hybridized carbons (Fsp3) is 0.600. The van der Waals surface area contributed by atoms with Crippen LogP contribution in [0.25, 0.3) is 0 Å². The van der Waals surface area contributed by atoms with Crippen molar-refractivity contribution in [3.8, 4) is 5.75 Å². The number of ether oxygens (including phenoxy) is 2. The second-order valence-corrected chi connectivity index (χ2v) is 5.54. The summed E-state index contributed by atoms with van der Waals surface area (Å²) in [5, 5.41) is 10.6. The fourth-order valence-corrected chi connectivity index (χ4v) is 2.99. The SMILES string of the molecule is COc1ccc(CC2(O)CC(C)OC(C)C2)cc1F. The van der Waals surface area contributed by atoms with Gasteiger partial charge in [0.15, 0.2) is 11.6 Å². The van der Waals surface area contributed by atoms with Crippen molar-refractivity contribution in [2.24, 2.45) is 0 Å². The largest absolute Gasteiger partial charge is 0.494 e. The monoisotopic (exact) mass is 268 g/mol. The number of hydrogen-bond donors (Lipinski definition) is 1. The summed E-state index contributed by atoms with van der Waals surface area (Å²) in [7, 11) is 1.44. The molecule has 1 aliphatic rings. The molecule has 106 valence electrons. The first kappa shape index (κ1) is 14.3. The van der Waals surface area contributed by atoms with E-state index in [4.69, 9.17) is 9.47 Å². The Kier molecular flexibility index (Phi) is 4.11. The van der Waals surface area contributed by atoms with E-state index in [-0.39, 0.29) is 18.0 Å². The van der Waals surface area contributed by atoms with Gasteiger partial charge in [-0.15, -0.1) is 0 Å². The van der Waals surface area contributed by atoms with Crippen LogP contribution in [0.15, 0.2) is 18.2 Å². The smallest absolute Gasteiger partial charge is 0.165 e. The van der Waals surface area contributed by atoms with Crippen molar-refractivity contribution in [1.29, 1.82) is 0 Å². The molecule has 1 aliphatic heterocycles. The van der Waals surface area contributed by atoms with Crippen molar-refractivity contribution in [3.63, 3.8) is 0 Å². The molecule has 0 aromatic heterocycles. The highest BCUT2D eigenvalue weighted by Gasteiger charge is 2.36. The highest BCUT2D eigenvalue weighted by Crippen LogP contribution is 2.32. The topological polar surface area (TPSA) is 38.7 Å². The van der Waals surface area contributed by atoms with Crippen molar-refractivity contribution in [2.45, 2.75) is 50.9 Å². The predicted octanol–water partition coefficient (Wildman–Crippen LogP) is 2.70. The van der Waals surface area contributed by atoms with Crippen LogP contribution in [-0.2, 0) is 11.2 Å².